The van der Waals surface area contributed by atoms with Crippen molar-refractivity contribution in [2.75, 3.05) is 32.6 Å². The highest BCUT2D eigenvalue weighted by molar-refractivity contribution is 5.92. The van der Waals surface area contributed by atoms with E-state index in [0.29, 0.717) is 6.61 Å². The first-order chi connectivity index (χ1) is 11.2. The van der Waals surface area contributed by atoms with Gasteiger partial charge in [0, 0.05) is 12.8 Å². The highest BCUT2D eigenvalue weighted by Gasteiger charge is 2.02. The first-order valence-electron chi connectivity index (χ1n) is 7.51. The van der Waals surface area contributed by atoms with Crippen LogP contribution in [0.4, 0.5) is 5.69 Å². The summed E-state index contributed by atoms with van der Waals surface area (Å²) in [7, 11) is 3.43. The van der Waals surface area contributed by atoms with Crippen LogP contribution >= 0.6 is 0 Å². The number of nitrogens with one attached hydrogen (secondary N) is 2. The van der Waals surface area contributed by atoms with Gasteiger partial charge in [-0.1, -0.05) is 12.1 Å². The van der Waals surface area contributed by atoms with Crippen LogP contribution in [-0.2, 0) is 16.0 Å². The molecule has 0 saturated carbocycles. The molecule has 5 nitrogen and oxygen atoms in total. The lowest BCUT2D eigenvalue weighted by molar-refractivity contribution is -0.115. The molecule has 2 rings (SSSR count). The molecule has 122 valence electrons. The quantitative estimate of drug-likeness (QED) is 0.786. The Morgan fingerprint density at radius 3 is 2.17 bits per heavy atom. The minimum atomic E-state index is -0.0761. The molecular formula is C18H22N2O3. The van der Waals surface area contributed by atoms with Crippen LogP contribution in [0.5, 0.6) is 11.5 Å². The van der Waals surface area contributed by atoms with Gasteiger partial charge in [-0.3, -0.25) is 4.79 Å². The van der Waals surface area contributed by atoms with E-state index in [0.717, 1.165) is 23.6 Å². The summed E-state index contributed by atoms with van der Waals surface area (Å²) in [6, 6.07) is 15.2. The summed E-state index contributed by atoms with van der Waals surface area (Å²) in [5.74, 6) is 1.42. The van der Waals surface area contributed by atoms with Crippen LogP contribution in [0.3, 0.4) is 0 Å². The standard InChI is InChI=1S/C18H22N2O3/c1-19-13-18(21)20-15-5-9-17(10-6-15)23-16-7-3-14(4-8-16)11-12-22-2/h3-10,19H,11-13H2,1-2H3,(H,20,21). The fourth-order valence-corrected chi connectivity index (χ4v) is 2.05. The van der Waals surface area contributed by atoms with Crippen LogP contribution in [0, 0.1) is 0 Å². The fraction of sp³-hybridized carbons (Fsp3) is 0.278. The van der Waals surface area contributed by atoms with Gasteiger partial charge in [-0.25, -0.2) is 0 Å². The van der Waals surface area contributed by atoms with Crippen molar-refractivity contribution < 1.29 is 14.3 Å². The first kappa shape index (κ1) is 17.0. The molecule has 2 N–H and O–H groups in total. The van der Waals surface area contributed by atoms with Gasteiger partial charge in [-0.15, -0.1) is 0 Å². The largest absolute Gasteiger partial charge is 0.457 e. The number of methoxy groups -OCH3 is 1. The van der Waals surface area contributed by atoms with Crippen molar-refractivity contribution >= 4 is 11.6 Å². The second-order valence-corrected chi connectivity index (χ2v) is 5.09. The fourth-order valence-electron chi connectivity index (χ4n) is 2.05. The average Bonchev–Trinajstić information content (AvgIpc) is 2.56. The van der Waals surface area contributed by atoms with E-state index in [1.54, 1.807) is 14.2 Å². The molecule has 0 saturated heterocycles. The Morgan fingerprint density at radius 2 is 1.61 bits per heavy atom. The molecule has 1 amide bonds. The lowest BCUT2D eigenvalue weighted by atomic mass is 10.1. The Balaban J connectivity index is 1.91. The topological polar surface area (TPSA) is 59.6 Å². The van der Waals surface area contributed by atoms with Gasteiger partial charge in [0.25, 0.3) is 0 Å². The second kappa shape index (κ2) is 8.92. The van der Waals surface area contributed by atoms with E-state index in [9.17, 15) is 4.79 Å². The van der Waals surface area contributed by atoms with Crippen LogP contribution in [-0.4, -0.2) is 33.2 Å². The Kier molecular flexibility index (Phi) is 6.59. The lowest BCUT2D eigenvalue weighted by Gasteiger charge is -2.09. The molecule has 5 heteroatoms. The molecule has 23 heavy (non-hydrogen) atoms. The molecular weight excluding hydrogens is 292 g/mol. The Hall–Kier alpha value is -2.37. The normalized spacial score (nSPS) is 10.3. The number of amides is 1. The number of carbonyl (C=O) groups is 1. The molecule has 0 aliphatic rings. The van der Waals surface area contributed by atoms with Crippen molar-refractivity contribution in [1.29, 1.82) is 0 Å². The zero-order valence-electron chi connectivity index (χ0n) is 13.5. The molecule has 2 aromatic carbocycles. The number of benzene rings is 2. The Labute approximate surface area is 136 Å². The molecule has 0 unspecified atom stereocenters. The van der Waals surface area contributed by atoms with E-state index in [1.807, 2.05) is 48.5 Å². The van der Waals surface area contributed by atoms with E-state index in [-0.39, 0.29) is 12.5 Å². The minimum Gasteiger partial charge on any atom is -0.457 e. The number of hydrogen-bond acceptors (Lipinski definition) is 4. The van der Waals surface area contributed by atoms with Crippen molar-refractivity contribution in [3.05, 3.63) is 54.1 Å². The predicted octanol–water partition coefficient (Wildman–Crippen LogP) is 2.83. The van der Waals surface area contributed by atoms with Gasteiger partial charge in [0.05, 0.1) is 13.2 Å². The predicted molar refractivity (Wildman–Crippen MR) is 91.1 cm³/mol. The van der Waals surface area contributed by atoms with E-state index < -0.39 is 0 Å². The molecule has 0 spiro atoms. The molecule has 0 aliphatic carbocycles. The minimum absolute atomic E-state index is 0.0761. The van der Waals surface area contributed by atoms with Gasteiger partial charge >= 0.3 is 0 Å². The number of rotatable bonds is 8. The summed E-state index contributed by atoms with van der Waals surface area (Å²) in [6.45, 7) is 0.995. The molecule has 0 radical (unpaired) electrons. The van der Waals surface area contributed by atoms with Crippen LogP contribution in [0.1, 0.15) is 5.56 Å². The van der Waals surface area contributed by atoms with E-state index in [1.165, 1.54) is 5.56 Å². The summed E-state index contributed by atoms with van der Waals surface area (Å²) < 4.78 is 10.8. The van der Waals surface area contributed by atoms with Gasteiger partial charge in [-0.2, -0.15) is 0 Å². The zero-order chi connectivity index (χ0) is 16.5. The molecule has 0 aromatic heterocycles. The summed E-state index contributed by atoms with van der Waals surface area (Å²) >= 11 is 0. The summed E-state index contributed by atoms with van der Waals surface area (Å²) in [4.78, 5) is 11.5. The number of likely N-dealkylation sites (N-methyl/N-ethyl adjacent to an activating group) is 1. The Morgan fingerprint density at radius 1 is 1.00 bits per heavy atom. The van der Waals surface area contributed by atoms with Gasteiger partial charge in [0.15, 0.2) is 0 Å². The van der Waals surface area contributed by atoms with Crippen molar-refractivity contribution in [1.82, 2.24) is 5.32 Å². The van der Waals surface area contributed by atoms with Crippen LogP contribution in [0.2, 0.25) is 0 Å². The van der Waals surface area contributed by atoms with Gasteiger partial charge < -0.3 is 20.1 Å². The van der Waals surface area contributed by atoms with E-state index in [2.05, 4.69) is 10.6 Å². The number of anilines is 1. The zero-order valence-corrected chi connectivity index (χ0v) is 13.5. The van der Waals surface area contributed by atoms with Crippen LogP contribution in [0.25, 0.3) is 0 Å². The van der Waals surface area contributed by atoms with Crippen molar-refractivity contribution in [3.8, 4) is 11.5 Å². The maximum Gasteiger partial charge on any atom is 0.238 e. The van der Waals surface area contributed by atoms with Crippen molar-refractivity contribution in [2.45, 2.75) is 6.42 Å². The van der Waals surface area contributed by atoms with Crippen LogP contribution in [0.15, 0.2) is 48.5 Å². The van der Waals surface area contributed by atoms with E-state index in [4.69, 9.17) is 9.47 Å². The molecule has 2 aromatic rings. The summed E-state index contributed by atoms with van der Waals surface area (Å²) in [5, 5.41) is 5.60. The number of carbonyl (C=O) groups excluding carboxylic acids is 1. The summed E-state index contributed by atoms with van der Waals surface area (Å²) in [5.41, 5.74) is 1.95. The van der Waals surface area contributed by atoms with Crippen molar-refractivity contribution in [3.63, 3.8) is 0 Å². The van der Waals surface area contributed by atoms with Gasteiger partial charge in [0.2, 0.25) is 5.91 Å². The lowest BCUT2D eigenvalue weighted by Crippen LogP contribution is -2.24. The number of hydrogen-bond donors (Lipinski definition) is 2. The van der Waals surface area contributed by atoms with E-state index >= 15 is 0 Å². The Bertz CT molecular complexity index is 609. The highest BCUT2D eigenvalue weighted by Crippen LogP contribution is 2.23. The van der Waals surface area contributed by atoms with Gasteiger partial charge in [0.1, 0.15) is 11.5 Å². The van der Waals surface area contributed by atoms with Crippen molar-refractivity contribution in [2.24, 2.45) is 0 Å². The molecule has 0 bridgehead atoms. The highest BCUT2D eigenvalue weighted by atomic mass is 16.5. The SMILES string of the molecule is CNCC(=O)Nc1ccc(Oc2ccc(CCOC)cc2)cc1. The van der Waals surface area contributed by atoms with Gasteiger partial charge in [-0.05, 0) is 55.4 Å². The third kappa shape index (κ3) is 5.73. The third-order valence-corrected chi connectivity index (χ3v) is 3.23. The maximum atomic E-state index is 11.5. The smallest absolute Gasteiger partial charge is 0.238 e. The summed E-state index contributed by atoms with van der Waals surface area (Å²) in [6.07, 6.45) is 0.887. The maximum absolute atomic E-state index is 11.5. The van der Waals surface area contributed by atoms with Crippen LogP contribution < -0.4 is 15.4 Å². The molecule has 0 atom stereocenters. The first-order valence-corrected chi connectivity index (χ1v) is 7.51. The molecule has 0 aliphatic heterocycles. The monoisotopic (exact) mass is 314 g/mol. The molecule has 0 fully saturated rings. The molecule has 0 heterocycles. The number of ether oxygens (including phenoxy) is 2. The average molecular weight is 314 g/mol. The second-order valence-electron chi connectivity index (χ2n) is 5.09. The third-order valence-electron chi connectivity index (χ3n) is 3.23.